The first-order chi connectivity index (χ1) is 14.3. The summed E-state index contributed by atoms with van der Waals surface area (Å²) >= 11 is 1.35. The van der Waals surface area contributed by atoms with Gasteiger partial charge in [0.05, 0.1) is 42.0 Å². The molecule has 0 amide bonds. The average molecular weight is 444 g/mol. The van der Waals surface area contributed by atoms with E-state index in [0.29, 0.717) is 28.1 Å². The van der Waals surface area contributed by atoms with Gasteiger partial charge in [0.25, 0.3) is 5.56 Å². The summed E-state index contributed by atoms with van der Waals surface area (Å²) in [6, 6.07) is 5.79. The third-order valence-electron chi connectivity index (χ3n) is 4.95. The smallest absolute Gasteiger partial charge is 0.291 e. The number of aryl methyl sites for hydroxylation is 1. The average Bonchev–Trinajstić information content (AvgIpc) is 3.39. The van der Waals surface area contributed by atoms with Crippen molar-refractivity contribution >= 4 is 53.5 Å². The third-order valence-corrected chi connectivity index (χ3v) is 6.70. The highest BCUT2D eigenvalue weighted by Gasteiger charge is 2.19. The van der Waals surface area contributed by atoms with E-state index in [4.69, 9.17) is 0 Å². The van der Waals surface area contributed by atoms with Crippen molar-refractivity contribution in [2.24, 2.45) is 7.05 Å². The van der Waals surface area contributed by atoms with E-state index in [0.717, 1.165) is 27.4 Å². The standard InChI is InChI=1S/C18H17N7O3S2/c1-24-15-12(16-17(24)22-14(29-16)8-21-30(2,27)28)7-20-25(18(15)26)9-10-4-3-5-13-11(10)6-19-23-13/h3-7,21H,8-9H2,1-2H3,(H,19,23). The molecule has 5 aromatic rings. The molecule has 0 bridgehead atoms. The minimum Gasteiger partial charge on any atom is -0.323 e. The molecule has 0 fully saturated rings. The Morgan fingerprint density at radius 2 is 2.07 bits per heavy atom. The maximum absolute atomic E-state index is 13.2. The number of rotatable bonds is 5. The zero-order valence-corrected chi connectivity index (χ0v) is 17.7. The molecule has 0 spiro atoms. The number of hydrogen-bond donors (Lipinski definition) is 2. The number of nitrogens with zero attached hydrogens (tertiary/aromatic N) is 5. The molecule has 5 rings (SSSR count). The highest BCUT2D eigenvalue weighted by Crippen LogP contribution is 2.30. The molecule has 2 N–H and O–H groups in total. The summed E-state index contributed by atoms with van der Waals surface area (Å²) in [6.07, 6.45) is 4.51. The molecule has 0 saturated carbocycles. The molecule has 0 saturated heterocycles. The van der Waals surface area contributed by atoms with Crippen LogP contribution >= 0.6 is 11.3 Å². The monoisotopic (exact) mass is 443 g/mol. The molecular weight excluding hydrogens is 426 g/mol. The number of H-pyrrole nitrogens is 1. The zero-order valence-electron chi connectivity index (χ0n) is 16.1. The van der Waals surface area contributed by atoms with Gasteiger partial charge in [-0.05, 0) is 11.6 Å². The van der Waals surface area contributed by atoms with Gasteiger partial charge in [0, 0.05) is 17.8 Å². The van der Waals surface area contributed by atoms with E-state index < -0.39 is 10.0 Å². The molecule has 30 heavy (non-hydrogen) atoms. The summed E-state index contributed by atoms with van der Waals surface area (Å²) in [5.74, 6) is 0. The summed E-state index contributed by atoms with van der Waals surface area (Å²) in [7, 11) is -1.53. The number of benzene rings is 1. The van der Waals surface area contributed by atoms with Gasteiger partial charge in [-0.1, -0.05) is 12.1 Å². The fourth-order valence-electron chi connectivity index (χ4n) is 3.54. The van der Waals surface area contributed by atoms with Crippen LogP contribution < -0.4 is 10.3 Å². The van der Waals surface area contributed by atoms with Crippen molar-refractivity contribution in [1.29, 1.82) is 0 Å². The minimum absolute atomic E-state index is 0.110. The first-order valence-corrected chi connectivity index (χ1v) is 11.7. The van der Waals surface area contributed by atoms with Crippen LogP contribution in [0.4, 0.5) is 0 Å². The van der Waals surface area contributed by atoms with Gasteiger partial charge in [-0.15, -0.1) is 11.3 Å². The molecule has 0 atom stereocenters. The van der Waals surface area contributed by atoms with Gasteiger partial charge in [0.1, 0.15) is 10.5 Å². The Bertz CT molecular complexity index is 1590. The summed E-state index contributed by atoms with van der Waals surface area (Å²) in [6.45, 7) is 0.431. The molecule has 4 heterocycles. The SMILES string of the molecule is Cn1c2nc(CNS(C)(=O)=O)sc2c2cnn(Cc3cccc4[nH]ncc34)c(=O)c21. The number of hydrogen-bond acceptors (Lipinski definition) is 7. The lowest BCUT2D eigenvalue weighted by Gasteiger charge is -2.07. The van der Waals surface area contributed by atoms with Crippen LogP contribution in [0.2, 0.25) is 0 Å². The van der Waals surface area contributed by atoms with Crippen LogP contribution in [0.3, 0.4) is 0 Å². The topological polar surface area (TPSA) is 128 Å². The first kappa shape index (κ1) is 18.9. The lowest BCUT2D eigenvalue weighted by Crippen LogP contribution is -2.24. The van der Waals surface area contributed by atoms with Crippen molar-refractivity contribution < 1.29 is 8.42 Å². The molecular formula is C18H17N7O3S2. The Labute approximate surface area is 174 Å². The summed E-state index contributed by atoms with van der Waals surface area (Å²) in [5.41, 5.74) is 2.78. The van der Waals surface area contributed by atoms with E-state index >= 15 is 0 Å². The lowest BCUT2D eigenvalue weighted by molar-refractivity contribution is 0.587. The second-order valence-corrected chi connectivity index (χ2v) is 9.95. The number of aromatic amines is 1. The van der Waals surface area contributed by atoms with E-state index in [1.165, 1.54) is 16.0 Å². The summed E-state index contributed by atoms with van der Waals surface area (Å²) < 4.78 is 29.1. The fourth-order valence-corrected chi connectivity index (χ4v) is 5.08. The van der Waals surface area contributed by atoms with E-state index in [1.54, 1.807) is 24.0 Å². The molecule has 0 aliphatic carbocycles. The number of thiazole rings is 1. The predicted octanol–water partition coefficient (Wildman–Crippen LogP) is 1.32. The molecule has 0 radical (unpaired) electrons. The van der Waals surface area contributed by atoms with Crippen molar-refractivity contribution in [3.8, 4) is 0 Å². The Hall–Kier alpha value is -3.09. The van der Waals surface area contributed by atoms with Crippen LogP contribution in [0.5, 0.6) is 0 Å². The second-order valence-electron chi connectivity index (χ2n) is 7.03. The van der Waals surface area contributed by atoms with Crippen molar-refractivity contribution in [1.82, 2.24) is 34.3 Å². The maximum atomic E-state index is 13.2. The number of fused-ring (bicyclic) bond motifs is 4. The molecule has 1 aromatic carbocycles. The third kappa shape index (κ3) is 3.09. The van der Waals surface area contributed by atoms with Crippen LogP contribution in [-0.2, 0) is 30.2 Å². The first-order valence-electron chi connectivity index (χ1n) is 9.01. The molecule has 0 aliphatic rings. The second kappa shape index (κ2) is 6.72. The molecule has 0 unspecified atom stereocenters. The normalized spacial score (nSPS) is 12.5. The quantitative estimate of drug-likeness (QED) is 0.422. The summed E-state index contributed by atoms with van der Waals surface area (Å²) in [5, 5.41) is 13.6. The highest BCUT2D eigenvalue weighted by atomic mass is 32.2. The fraction of sp³-hybridized carbons (Fsp3) is 0.222. The molecule has 4 aromatic heterocycles. The molecule has 10 nitrogen and oxygen atoms in total. The van der Waals surface area contributed by atoms with Gasteiger partial charge < -0.3 is 4.57 Å². The van der Waals surface area contributed by atoms with Crippen LogP contribution in [0.15, 0.2) is 35.4 Å². The van der Waals surface area contributed by atoms with Gasteiger partial charge in [0.2, 0.25) is 10.0 Å². The maximum Gasteiger partial charge on any atom is 0.291 e. The number of aromatic nitrogens is 6. The van der Waals surface area contributed by atoms with Crippen molar-refractivity contribution in [3.63, 3.8) is 0 Å². The van der Waals surface area contributed by atoms with Crippen molar-refractivity contribution in [2.75, 3.05) is 6.26 Å². The predicted molar refractivity (Wildman–Crippen MR) is 115 cm³/mol. The number of sulfonamides is 1. The van der Waals surface area contributed by atoms with Crippen LogP contribution in [-0.4, -0.2) is 44.2 Å². The summed E-state index contributed by atoms with van der Waals surface area (Å²) in [4.78, 5) is 17.7. The Morgan fingerprint density at radius 1 is 1.23 bits per heavy atom. The zero-order chi connectivity index (χ0) is 21.0. The molecule has 154 valence electrons. The Balaban J connectivity index is 1.58. The molecule has 12 heteroatoms. The van der Waals surface area contributed by atoms with Crippen molar-refractivity contribution in [3.05, 3.63) is 51.5 Å². The Kier molecular flexibility index (Phi) is 4.24. The Morgan fingerprint density at radius 3 is 2.87 bits per heavy atom. The van der Waals surface area contributed by atoms with Crippen LogP contribution in [0, 0.1) is 0 Å². The minimum atomic E-state index is -3.31. The van der Waals surface area contributed by atoms with Gasteiger partial charge in [-0.2, -0.15) is 10.2 Å². The highest BCUT2D eigenvalue weighted by molar-refractivity contribution is 7.88. The largest absolute Gasteiger partial charge is 0.323 e. The lowest BCUT2D eigenvalue weighted by atomic mass is 10.1. The van der Waals surface area contributed by atoms with E-state index in [2.05, 4.69) is 25.0 Å². The van der Waals surface area contributed by atoms with E-state index in [-0.39, 0.29) is 12.1 Å². The van der Waals surface area contributed by atoms with Crippen molar-refractivity contribution in [2.45, 2.75) is 13.1 Å². The van der Waals surface area contributed by atoms with Gasteiger partial charge in [-0.3, -0.25) is 9.89 Å². The van der Waals surface area contributed by atoms with Gasteiger partial charge >= 0.3 is 0 Å². The molecule has 0 aliphatic heterocycles. The van der Waals surface area contributed by atoms with Crippen LogP contribution in [0.1, 0.15) is 10.6 Å². The van der Waals surface area contributed by atoms with E-state index in [1.807, 2.05) is 18.2 Å². The number of nitrogens with one attached hydrogen (secondary N) is 2. The van der Waals surface area contributed by atoms with Gasteiger partial charge in [-0.25, -0.2) is 22.8 Å². The van der Waals surface area contributed by atoms with Gasteiger partial charge in [0.15, 0.2) is 5.65 Å². The van der Waals surface area contributed by atoms with E-state index in [9.17, 15) is 13.2 Å². The van der Waals surface area contributed by atoms with Crippen LogP contribution in [0.25, 0.3) is 32.2 Å².